The normalized spacial score (nSPS) is 15.0. The van der Waals surface area contributed by atoms with Crippen molar-refractivity contribution in [3.63, 3.8) is 0 Å². The van der Waals surface area contributed by atoms with E-state index < -0.39 is 17.7 Å². The number of halogens is 2. The first kappa shape index (κ1) is 24.2. The van der Waals surface area contributed by atoms with Crippen molar-refractivity contribution in [1.29, 1.82) is 0 Å². The maximum Gasteiger partial charge on any atom is 0.339 e. The molecule has 1 aromatic heterocycles. The van der Waals surface area contributed by atoms with Gasteiger partial charge in [0.05, 0.1) is 16.8 Å². The van der Waals surface area contributed by atoms with Crippen molar-refractivity contribution in [2.45, 2.75) is 18.9 Å². The number of hydrogen-bond donors (Lipinski definition) is 5. The van der Waals surface area contributed by atoms with Crippen molar-refractivity contribution < 1.29 is 28.9 Å². The first-order valence-electron chi connectivity index (χ1n) is 10.6. The second-order valence-corrected chi connectivity index (χ2v) is 8.09. The van der Waals surface area contributed by atoms with Gasteiger partial charge in [0.2, 0.25) is 5.95 Å². The number of anilines is 4. The lowest BCUT2D eigenvalue weighted by atomic mass is 10.2. The van der Waals surface area contributed by atoms with Crippen molar-refractivity contribution in [3.05, 3.63) is 64.6 Å². The molecule has 1 aliphatic rings. The number of carboxylic acids is 1. The first-order chi connectivity index (χ1) is 16.8. The van der Waals surface area contributed by atoms with Crippen LogP contribution in [0.3, 0.4) is 0 Å². The van der Waals surface area contributed by atoms with Crippen molar-refractivity contribution in [2.24, 2.45) is 0 Å². The van der Waals surface area contributed by atoms with Gasteiger partial charge in [-0.3, -0.25) is 4.79 Å². The van der Waals surface area contributed by atoms with E-state index in [1.807, 2.05) is 0 Å². The Bertz CT molecular complexity index is 1250. The highest BCUT2D eigenvalue weighted by Crippen LogP contribution is 2.27. The van der Waals surface area contributed by atoms with Crippen LogP contribution in [0.1, 0.15) is 33.6 Å². The molecule has 3 aromatic rings. The average Bonchev–Trinajstić information content (AvgIpc) is 3.35. The van der Waals surface area contributed by atoms with Gasteiger partial charge < -0.3 is 30.9 Å². The zero-order chi connectivity index (χ0) is 24.9. The summed E-state index contributed by atoms with van der Waals surface area (Å²) in [6.07, 6.45) is 2.96. The lowest BCUT2D eigenvalue weighted by Gasteiger charge is -2.16. The number of aromatic nitrogens is 2. The monoisotopic (exact) mass is 501 g/mol. The number of nitrogens with zero attached hydrogens (tertiary/aromatic N) is 2. The summed E-state index contributed by atoms with van der Waals surface area (Å²) in [5, 5.41) is 27.3. The van der Waals surface area contributed by atoms with Crippen LogP contribution in [0, 0.1) is 5.82 Å². The molecule has 0 aliphatic carbocycles. The molecule has 35 heavy (non-hydrogen) atoms. The van der Waals surface area contributed by atoms with E-state index in [1.54, 1.807) is 0 Å². The van der Waals surface area contributed by atoms with Crippen molar-refractivity contribution in [2.75, 3.05) is 29.1 Å². The molecule has 0 radical (unpaired) electrons. The van der Waals surface area contributed by atoms with E-state index in [-0.39, 0.29) is 45.5 Å². The van der Waals surface area contributed by atoms with Crippen LogP contribution in [0.25, 0.3) is 0 Å². The minimum Gasteiger partial charge on any atom is -0.507 e. The van der Waals surface area contributed by atoms with Gasteiger partial charge in [0.25, 0.3) is 5.91 Å². The minimum absolute atomic E-state index is 0.0322. The Balaban J connectivity index is 1.61. The Labute approximate surface area is 204 Å². The van der Waals surface area contributed by atoms with Crippen LogP contribution in [-0.2, 0) is 4.74 Å². The molecular formula is C23H21ClFN5O5. The molecule has 1 aliphatic heterocycles. The summed E-state index contributed by atoms with van der Waals surface area (Å²) in [5.74, 6) is -2.86. The number of phenols is 1. The third kappa shape index (κ3) is 5.76. The molecule has 2 heterocycles. The second kappa shape index (κ2) is 10.5. The molecule has 10 nitrogen and oxygen atoms in total. The molecule has 1 saturated heterocycles. The van der Waals surface area contributed by atoms with E-state index in [1.165, 1.54) is 42.6 Å². The van der Waals surface area contributed by atoms with Crippen molar-refractivity contribution in [1.82, 2.24) is 9.97 Å². The van der Waals surface area contributed by atoms with Crippen molar-refractivity contribution >= 4 is 46.6 Å². The Morgan fingerprint density at radius 3 is 2.77 bits per heavy atom. The maximum atomic E-state index is 14.2. The summed E-state index contributed by atoms with van der Waals surface area (Å²) in [7, 11) is 0. The molecule has 1 unspecified atom stereocenters. The molecule has 0 saturated carbocycles. The van der Waals surface area contributed by atoms with Crippen LogP contribution < -0.4 is 16.0 Å². The number of ether oxygens (including phenoxy) is 1. The molecular weight excluding hydrogens is 481 g/mol. The lowest BCUT2D eigenvalue weighted by molar-refractivity contribution is 0.0693. The third-order valence-electron chi connectivity index (χ3n) is 5.24. The zero-order valence-electron chi connectivity index (χ0n) is 18.2. The summed E-state index contributed by atoms with van der Waals surface area (Å²) in [5.41, 5.74) is -0.133. The van der Waals surface area contributed by atoms with Gasteiger partial charge in [0.1, 0.15) is 28.5 Å². The van der Waals surface area contributed by atoms with Crippen molar-refractivity contribution in [3.8, 4) is 5.75 Å². The molecule has 1 amide bonds. The molecule has 12 heteroatoms. The van der Waals surface area contributed by atoms with Crippen LogP contribution in [0.2, 0.25) is 5.02 Å². The van der Waals surface area contributed by atoms with Gasteiger partial charge in [-0.25, -0.2) is 14.2 Å². The van der Waals surface area contributed by atoms with Gasteiger partial charge in [0.15, 0.2) is 0 Å². The summed E-state index contributed by atoms with van der Waals surface area (Å²) in [6.45, 7) is 1.02. The highest BCUT2D eigenvalue weighted by atomic mass is 35.5. The number of carbonyl (C=O) groups excluding carboxylic acids is 1. The van der Waals surface area contributed by atoms with Gasteiger partial charge in [-0.15, -0.1) is 0 Å². The summed E-state index contributed by atoms with van der Waals surface area (Å²) in [6, 6.07) is 7.94. The highest BCUT2D eigenvalue weighted by Gasteiger charge is 2.21. The fourth-order valence-corrected chi connectivity index (χ4v) is 3.68. The molecule has 182 valence electrons. The molecule has 1 fully saturated rings. The second-order valence-electron chi connectivity index (χ2n) is 7.68. The maximum absolute atomic E-state index is 14.2. The van der Waals surface area contributed by atoms with Gasteiger partial charge in [-0.1, -0.05) is 17.7 Å². The van der Waals surface area contributed by atoms with E-state index in [4.69, 9.17) is 16.3 Å². The molecule has 0 bridgehead atoms. The minimum atomic E-state index is -1.30. The third-order valence-corrected chi connectivity index (χ3v) is 5.55. The zero-order valence-corrected chi connectivity index (χ0v) is 19.0. The van der Waals surface area contributed by atoms with E-state index in [0.717, 1.165) is 12.8 Å². The SMILES string of the molecule is O=C(O)c1cc(Nc2ncc(C(=O)Nc3c(F)cccc3Cl)c(NCC3CCCO3)n2)ccc1O. The molecule has 5 N–H and O–H groups in total. The Kier molecular flexibility index (Phi) is 7.28. The quantitative estimate of drug-likeness (QED) is 0.286. The fourth-order valence-electron chi connectivity index (χ4n) is 3.47. The number of carboxylic acid groups (broad SMARTS) is 1. The predicted molar refractivity (Wildman–Crippen MR) is 127 cm³/mol. The smallest absolute Gasteiger partial charge is 0.339 e. The number of amides is 1. The predicted octanol–water partition coefficient (Wildman–Crippen LogP) is 4.26. The Morgan fingerprint density at radius 2 is 2.06 bits per heavy atom. The van der Waals surface area contributed by atoms with Gasteiger partial charge >= 0.3 is 5.97 Å². The van der Waals surface area contributed by atoms with Crippen LogP contribution >= 0.6 is 11.6 Å². The van der Waals surface area contributed by atoms with E-state index >= 15 is 0 Å². The largest absolute Gasteiger partial charge is 0.507 e. The number of hydrogen-bond acceptors (Lipinski definition) is 8. The summed E-state index contributed by atoms with van der Waals surface area (Å²) >= 11 is 6.02. The first-order valence-corrected chi connectivity index (χ1v) is 11.0. The molecule has 4 rings (SSSR count). The number of benzene rings is 2. The van der Waals surface area contributed by atoms with Crippen LogP contribution in [0.4, 0.5) is 27.5 Å². The number of carbonyl (C=O) groups is 2. The Morgan fingerprint density at radius 1 is 1.23 bits per heavy atom. The van der Waals surface area contributed by atoms with Gasteiger partial charge in [0, 0.05) is 25.0 Å². The highest BCUT2D eigenvalue weighted by molar-refractivity contribution is 6.34. The van der Waals surface area contributed by atoms with Crippen LogP contribution in [0.5, 0.6) is 5.75 Å². The summed E-state index contributed by atoms with van der Waals surface area (Å²) in [4.78, 5) is 32.7. The number of aromatic carboxylic acids is 1. The van der Waals surface area contributed by atoms with E-state index in [9.17, 15) is 24.2 Å². The topological polar surface area (TPSA) is 146 Å². The number of aromatic hydroxyl groups is 1. The summed E-state index contributed by atoms with van der Waals surface area (Å²) < 4.78 is 19.8. The van der Waals surface area contributed by atoms with Gasteiger partial charge in [-0.2, -0.15) is 4.98 Å². The van der Waals surface area contributed by atoms with E-state index in [0.29, 0.717) is 18.8 Å². The number of para-hydroxylation sites is 1. The van der Waals surface area contributed by atoms with Gasteiger partial charge in [-0.05, 0) is 43.2 Å². The van der Waals surface area contributed by atoms with Crippen LogP contribution in [0.15, 0.2) is 42.6 Å². The number of nitrogens with one attached hydrogen (secondary N) is 3. The lowest BCUT2D eigenvalue weighted by Crippen LogP contribution is -2.23. The molecule has 2 aromatic carbocycles. The Hall–Kier alpha value is -3.96. The molecule has 1 atom stereocenters. The number of rotatable bonds is 8. The standard InChI is InChI=1S/C23H21ClFN5O5/c24-16-4-1-5-17(25)19(16)29-21(32)15-11-27-23(30-20(15)26-10-13-3-2-8-35-13)28-12-6-7-18(31)14(9-12)22(33)34/h1,4-7,9,11,13,31H,2-3,8,10H2,(H,29,32)(H,33,34)(H2,26,27,28,30). The average molecular weight is 502 g/mol. The molecule has 0 spiro atoms. The van der Waals surface area contributed by atoms with Crippen LogP contribution in [-0.4, -0.2) is 51.3 Å². The fraction of sp³-hybridized carbons (Fsp3) is 0.217. The van der Waals surface area contributed by atoms with E-state index in [2.05, 4.69) is 25.9 Å².